The summed E-state index contributed by atoms with van der Waals surface area (Å²) in [7, 11) is 0. The van der Waals surface area contributed by atoms with Gasteiger partial charge in [-0.05, 0) is 64.4 Å². The van der Waals surface area contributed by atoms with Gasteiger partial charge < -0.3 is 10.8 Å². The van der Waals surface area contributed by atoms with Crippen LogP contribution < -0.4 is 5.73 Å². The zero-order valence-corrected chi connectivity index (χ0v) is 13.2. The molecule has 2 aromatic rings. The highest BCUT2D eigenvalue weighted by Gasteiger charge is 2.30. The average molecular weight is 385 g/mol. The van der Waals surface area contributed by atoms with E-state index >= 15 is 0 Å². The van der Waals surface area contributed by atoms with E-state index in [4.69, 9.17) is 5.73 Å². The number of halogens is 2. The van der Waals surface area contributed by atoms with Crippen LogP contribution in [0.4, 0.5) is 4.39 Å². The fourth-order valence-corrected chi connectivity index (χ4v) is 2.67. The Morgan fingerprint density at radius 3 is 2.40 bits per heavy atom. The van der Waals surface area contributed by atoms with Crippen LogP contribution in [0.3, 0.4) is 0 Å². The van der Waals surface area contributed by atoms with Gasteiger partial charge in [0.15, 0.2) is 0 Å². The van der Waals surface area contributed by atoms with Crippen LogP contribution in [0.5, 0.6) is 0 Å². The molecular weight excluding hydrogens is 368 g/mol. The minimum Gasteiger partial charge on any atom is -0.395 e. The first-order valence-corrected chi connectivity index (χ1v) is 7.49. The van der Waals surface area contributed by atoms with Gasteiger partial charge in [0.1, 0.15) is 5.82 Å². The van der Waals surface area contributed by atoms with Gasteiger partial charge in [-0.3, -0.25) is 0 Å². The number of benzene rings is 2. The molecule has 0 aliphatic carbocycles. The van der Waals surface area contributed by atoms with E-state index in [9.17, 15) is 9.50 Å². The third-order valence-electron chi connectivity index (χ3n) is 3.59. The average Bonchev–Trinajstić information content (AvgIpc) is 2.47. The molecule has 3 N–H and O–H groups in total. The summed E-state index contributed by atoms with van der Waals surface area (Å²) in [5.41, 5.74) is 7.07. The van der Waals surface area contributed by atoms with Crippen LogP contribution in [0.2, 0.25) is 0 Å². The van der Waals surface area contributed by atoms with Crippen molar-refractivity contribution >= 4 is 22.6 Å². The standard InChI is InChI=1S/C16H17FINO/c17-14-3-1-2-13(8-14)16(10-19,11-20)9-12-4-6-15(18)7-5-12/h1-8,20H,9-11,19H2. The van der Waals surface area contributed by atoms with Gasteiger partial charge in [-0.25, -0.2) is 4.39 Å². The molecule has 0 heterocycles. The van der Waals surface area contributed by atoms with E-state index in [2.05, 4.69) is 22.6 Å². The largest absolute Gasteiger partial charge is 0.395 e. The van der Waals surface area contributed by atoms with Crippen molar-refractivity contribution in [1.82, 2.24) is 0 Å². The molecule has 0 aliphatic rings. The van der Waals surface area contributed by atoms with Crippen LogP contribution in [0, 0.1) is 9.39 Å². The molecule has 0 bridgehead atoms. The fraction of sp³-hybridized carbons (Fsp3) is 0.250. The van der Waals surface area contributed by atoms with Gasteiger partial charge in [-0.1, -0.05) is 24.3 Å². The highest BCUT2D eigenvalue weighted by molar-refractivity contribution is 14.1. The smallest absolute Gasteiger partial charge is 0.123 e. The van der Waals surface area contributed by atoms with Crippen molar-refractivity contribution < 1.29 is 9.50 Å². The summed E-state index contributed by atoms with van der Waals surface area (Å²) < 4.78 is 14.6. The minimum absolute atomic E-state index is 0.112. The third kappa shape index (κ3) is 3.37. The molecule has 0 amide bonds. The Hall–Kier alpha value is -0.980. The van der Waals surface area contributed by atoms with Crippen LogP contribution >= 0.6 is 22.6 Å². The van der Waals surface area contributed by atoms with E-state index in [1.807, 2.05) is 30.3 Å². The first-order chi connectivity index (χ1) is 9.59. The summed E-state index contributed by atoms with van der Waals surface area (Å²) >= 11 is 2.24. The Bertz CT molecular complexity index is 567. The van der Waals surface area contributed by atoms with Crippen LogP contribution in [-0.2, 0) is 11.8 Å². The number of aliphatic hydroxyl groups is 1. The van der Waals surface area contributed by atoms with E-state index < -0.39 is 5.41 Å². The Morgan fingerprint density at radius 1 is 1.15 bits per heavy atom. The van der Waals surface area contributed by atoms with Gasteiger partial charge in [0.2, 0.25) is 0 Å². The van der Waals surface area contributed by atoms with Crippen molar-refractivity contribution in [2.45, 2.75) is 11.8 Å². The number of aliphatic hydroxyl groups excluding tert-OH is 1. The van der Waals surface area contributed by atoms with Crippen molar-refractivity contribution in [2.24, 2.45) is 5.73 Å². The molecular formula is C16H17FINO. The van der Waals surface area contributed by atoms with Crippen molar-refractivity contribution in [3.63, 3.8) is 0 Å². The molecule has 1 unspecified atom stereocenters. The lowest BCUT2D eigenvalue weighted by Gasteiger charge is -2.31. The van der Waals surface area contributed by atoms with E-state index in [0.717, 1.165) is 14.7 Å². The lowest BCUT2D eigenvalue weighted by Crippen LogP contribution is -2.41. The summed E-state index contributed by atoms with van der Waals surface area (Å²) in [6.45, 7) is 0.151. The molecule has 0 aromatic heterocycles. The number of hydrogen-bond donors (Lipinski definition) is 2. The number of nitrogens with two attached hydrogens (primary N) is 1. The van der Waals surface area contributed by atoms with E-state index in [0.29, 0.717) is 6.42 Å². The molecule has 20 heavy (non-hydrogen) atoms. The monoisotopic (exact) mass is 385 g/mol. The normalized spacial score (nSPS) is 14.0. The quantitative estimate of drug-likeness (QED) is 0.778. The van der Waals surface area contributed by atoms with Gasteiger partial charge in [0.25, 0.3) is 0 Å². The van der Waals surface area contributed by atoms with Gasteiger partial charge in [0.05, 0.1) is 6.61 Å². The van der Waals surface area contributed by atoms with E-state index in [-0.39, 0.29) is 19.0 Å². The maximum Gasteiger partial charge on any atom is 0.123 e. The topological polar surface area (TPSA) is 46.2 Å². The lowest BCUT2D eigenvalue weighted by atomic mass is 9.76. The van der Waals surface area contributed by atoms with Crippen LogP contribution in [0.15, 0.2) is 48.5 Å². The molecule has 1 atom stereocenters. The predicted octanol–water partition coefficient (Wildman–Crippen LogP) is 2.86. The lowest BCUT2D eigenvalue weighted by molar-refractivity contribution is 0.195. The molecule has 4 heteroatoms. The first-order valence-electron chi connectivity index (χ1n) is 6.41. The fourth-order valence-electron chi connectivity index (χ4n) is 2.32. The van der Waals surface area contributed by atoms with Crippen molar-refractivity contribution in [1.29, 1.82) is 0 Å². The maximum absolute atomic E-state index is 13.4. The molecule has 0 radical (unpaired) electrons. The summed E-state index contributed by atoms with van der Waals surface area (Å²) in [6.07, 6.45) is 0.584. The molecule has 0 saturated heterocycles. The maximum atomic E-state index is 13.4. The molecule has 2 rings (SSSR count). The molecule has 0 aliphatic heterocycles. The van der Waals surface area contributed by atoms with Gasteiger partial charge in [-0.2, -0.15) is 0 Å². The molecule has 2 aromatic carbocycles. The number of hydrogen-bond acceptors (Lipinski definition) is 2. The van der Waals surface area contributed by atoms with Crippen LogP contribution in [0.1, 0.15) is 11.1 Å². The second-order valence-corrected chi connectivity index (χ2v) is 6.20. The highest BCUT2D eigenvalue weighted by Crippen LogP contribution is 2.28. The zero-order valence-electron chi connectivity index (χ0n) is 11.0. The SMILES string of the molecule is NCC(CO)(Cc1ccc(I)cc1)c1cccc(F)c1. The second kappa shape index (κ2) is 6.65. The van der Waals surface area contributed by atoms with E-state index in [1.165, 1.54) is 12.1 Å². The van der Waals surface area contributed by atoms with Crippen molar-refractivity contribution in [3.8, 4) is 0 Å². The molecule has 0 fully saturated rings. The highest BCUT2D eigenvalue weighted by atomic mass is 127. The molecule has 106 valence electrons. The Morgan fingerprint density at radius 2 is 1.85 bits per heavy atom. The number of rotatable bonds is 5. The van der Waals surface area contributed by atoms with Crippen molar-refractivity contribution in [3.05, 3.63) is 69.0 Å². The Kier molecular flexibility index (Phi) is 5.12. The molecule has 0 saturated carbocycles. The van der Waals surface area contributed by atoms with Gasteiger partial charge in [0, 0.05) is 15.5 Å². The Labute approximate surface area is 132 Å². The Balaban J connectivity index is 2.36. The third-order valence-corrected chi connectivity index (χ3v) is 4.31. The zero-order chi connectivity index (χ0) is 14.6. The predicted molar refractivity (Wildman–Crippen MR) is 87.1 cm³/mol. The van der Waals surface area contributed by atoms with Gasteiger partial charge >= 0.3 is 0 Å². The summed E-state index contributed by atoms with van der Waals surface area (Å²) in [5, 5.41) is 9.83. The second-order valence-electron chi connectivity index (χ2n) is 4.96. The van der Waals surface area contributed by atoms with Crippen LogP contribution in [0.25, 0.3) is 0 Å². The van der Waals surface area contributed by atoms with Crippen LogP contribution in [-0.4, -0.2) is 18.3 Å². The van der Waals surface area contributed by atoms with Gasteiger partial charge in [-0.15, -0.1) is 0 Å². The minimum atomic E-state index is -0.644. The van der Waals surface area contributed by atoms with Crippen molar-refractivity contribution in [2.75, 3.05) is 13.2 Å². The van der Waals surface area contributed by atoms with E-state index in [1.54, 1.807) is 6.07 Å². The summed E-state index contributed by atoms with van der Waals surface area (Å²) in [6, 6.07) is 14.4. The summed E-state index contributed by atoms with van der Waals surface area (Å²) in [4.78, 5) is 0. The first kappa shape index (κ1) is 15.4. The molecule has 0 spiro atoms. The summed E-state index contributed by atoms with van der Waals surface area (Å²) in [5.74, 6) is -0.309. The molecule has 2 nitrogen and oxygen atoms in total.